The molecule has 12 heteroatoms. The zero-order valence-corrected chi connectivity index (χ0v) is 32.5. The lowest BCUT2D eigenvalue weighted by Crippen LogP contribution is -2.59. The minimum atomic E-state index is -0.900. The zero-order valence-electron chi connectivity index (χ0n) is 32.5. The smallest absolute Gasteiger partial charge is 0.408 e. The fourth-order valence-corrected chi connectivity index (χ4v) is 9.09. The van der Waals surface area contributed by atoms with Gasteiger partial charge in [-0.3, -0.25) is 14.5 Å². The Hall–Kier alpha value is -5.69. The van der Waals surface area contributed by atoms with Crippen LogP contribution in [0.15, 0.2) is 108 Å². The SMILES string of the molecule is O=C(c1ccc(CNC[C@@H](O)c2ccc(O)c3[nH]c(=O)ccc23)cc1)N1CCC(COc2cccc(C(c3ccccc3)N(C(=O)O)[C@H]3CN4CCC3CC4)c2)CC1. The minimum Gasteiger partial charge on any atom is -0.506 e. The number of aromatic hydroxyl groups is 1. The Morgan fingerprint density at radius 1 is 0.862 bits per heavy atom. The van der Waals surface area contributed by atoms with Gasteiger partial charge in [0.25, 0.3) is 5.91 Å². The van der Waals surface area contributed by atoms with E-state index < -0.39 is 18.2 Å². The van der Waals surface area contributed by atoms with Gasteiger partial charge in [0, 0.05) is 49.7 Å². The van der Waals surface area contributed by atoms with Crippen molar-refractivity contribution in [1.82, 2.24) is 25.0 Å². The van der Waals surface area contributed by atoms with Crippen molar-refractivity contribution in [3.63, 3.8) is 0 Å². The maximum absolute atomic E-state index is 13.4. The predicted molar refractivity (Wildman–Crippen MR) is 221 cm³/mol. The number of hydrogen-bond acceptors (Lipinski definition) is 8. The molecule has 0 aliphatic carbocycles. The summed E-state index contributed by atoms with van der Waals surface area (Å²) in [6.45, 7) is 5.36. The van der Waals surface area contributed by atoms with E-state index in [0.717, 1.165) is 62.0 Å². The highest BCUT2D eigenvalue weighted by molar-refractivity contribution is 5.94. The second-order valence-electron chi connectivity index (χ2n) is 16.0. The molecule has 4 saturated heterocycles. The summed E-state index contributed by atoms with van der Waals surface area (Å²) in [5.41, 5.74) is 3.99. The van der Waals surface area contributed by atoms with E-state index in [1.807, 2.05) is 83.8 Å². The van der Waals surface area contributed by atoms with E-state index in [9.17, 15) is 29.7 Å². The first-order valence-electron chi connectivity index (χ1n) is 20.3. The average molecular weight is 786 g/mol. The summed E-state index contributed by atoms with van der Waals surface area (Å²) in [6.07, 6.45) is 1.92. The summed E-state index contributed by atoms with van der Waals surface area (Å²) in [5, 5.41) is 35.5. The van der Waals surface area contributed by atoms with Gasteiger partial charge in [0.2, 0.25) is 5.56 Å². The number of phenols is 1. The summed E-state index contributed by atoms with van der Waals surface area (Å²) in [5.74, 6) is 1.30. The van der Waals surface area contributed by atoms with Crippen LogP contribution in [0.4, 0.5) is 4.79 Å². The molecule has 1 unspecified atom stereocenters. The molecule has 9 rings (SSSR count). The van der Waals surface area contributed by atoms with E-state index in [1.165, 1.54) is 12.1 Å². The second kappa shape index (κ2) is 17.4. The largest absolute Gasteiger partial charge is 0.506 e. The van der Waals surface area contributed by atoms with Crippen LogP contribution in [0.5, 0.6) is 11.5 Å². The number of nitrogens with one attached hydrogen (secondary N) is 2. The number of fused-ring (bicyclic) bond motifs is 4. The Balaban J connectivity index is 0.834. The molecule has 0 saturated carbocycles. The van der Waals surface area contributed by atoms with E-state index in [0.29, 0.717) is 59.9 Å². The Morgan fingerprint density at radius 3 is 2.31 bits per heavy atom. The third kappa shape index (κ3) is 8.59. The first kappa shape index (κ1) is 39.2. The van der Waals surface area contributed by atoms with Crippen LogP contribution in [0.25, 0.3) is 10.9 Å². The highest BCUT2D eigenvalue weighted by Gasteiger charge is 2.43. The molecule has 12 nitrogen and oxygen atoms in total. The molecule has 2 amide bonds. The fraction of sp³-hybridized carbons (Fsp3) is 0.370. The van der Waals surface area contributed by atoms with Gasteiger partial charge >= 0.3 is 6.09 Å². The van der Waals surface area contributed by atoms with Crippen LogP contribution in [0, 0.1) is 11.8 Å². The van der Waals surface area contributed by atoms with E-state index in [4.69, 9.17) is 4.74 Å². The van der Waals surface area contributed by atoms with E-state index in [-0.39, 0.29) is 35.7 Å². The van der Waals surface area contributed by atoms with Crippen LogP contribution in [-0.2, 0) is 6.54 Å². The zero-order chi connectivity index (χ0) is 40.2. The number of aromatic amines is 1. The molecule has 4 aromatic carbocycles. The Labute approximate surface area is 337 Å². The number of carboxylic acid groups (broad SMARTS) is 1. The molecular weight excluding hydrogens is 735 g/mol. The van der Waals surface area contributed by atoms with Crippen molar-refractivity contribution in [2.45, 2.75) is 50.4 Å². The maximum Gasteiger partial charge on any atom is 0.408 e. The number of H-pyrrole nitrogens is 1. The molecule has 5 aromatic rings. The Morgan fingerprint density at radius 2 is 1.60 bits per heavy atom. The first-order valence-corrected chi connectivity index (χ1v) is 20.3. The molecular formula is C46H51N5O7. The first-order chi connectivity index (χ1) is 28.2. The topological polar surface area (TPSA) is 159 Å². The van der Waals surface area contributed by atoms with Crippen LogP contribution in [0.1, 0.15) is 70.4 Å². The number of benzene rings is 4. The summed E-state index contributed by atoms with van der Waals surface area (Å²) < 4.78 is 6.38. The monoisotopic (exact) mass is 785 g/mol. The van der Waals surface area contributed by atoms with Gasteiger partial charge in [0.05, 0.1) is 30.3 Å². The average Bonchev–Trinajstić information content (AvgIpc) is 3.26. The number of phenolic OH excluding ortho intramolecular Hbond substituents is 1. The highest BCUT2D eigenvalue weighted by Crippen LogP contribution is 2.39. The third-order valence-corrected chi connectivity index (χ3v) is 12.3. The fourth-order valence-electron chi connectivity index (χ4n) is 9.09. The normalized spacial score (nSPS) is 20.4. The van der Waals surface area contributed by atoms with Crippen LogP contribution < -0.4 is 15.6 Å². The number of aromatic nitrogens is 1. The standard InChI is InChI=1S/C46H51N5O7/c52-40-15-13-37(38-14-16-42(54)48-43(38)40)41(53)27-47-26-30-9-11-34(12-10-30)45(55)50-23-17-31(18-24-50)29-58-36-8-4-7-35(25-36)44(33-5-2-1-3-6-33)51(46(56)57)39-28-49-21-19-32(39)20-22-49/h1-16,25,31-32,39,41,44,47,52-53H,17-24,26-29H2,(H,48,54)(H,56,57)/t39-,41+,44?/m0/s1. The minimum absolute atomic E-state index is 0.00261. The van der Waals surface area contributed by atoms with E-state index in [2.05, 4.69) is 15.2 Å². The molecule has 58 heavy (non-hydrogen) atoms. The van der Waals surface area contributed by atoms with Crippen LogP contribution in [0.2, 0.25) is 0 Å². The molecule has 302 valence electrons. The van der Waals surface area contributed by atoms with Gasteiger partial charge in [-0.1, -0.05) is 60.7 Å². The van der Waals surface area contributed by atoms with Gasteiger partial charge in [-0.15, -0.1) is 0 Å². The van der Waals surface area contributed by atoms with E-state index >= 15 is 0 Å². The van der Waals surface area contributed by atoms with Gasteiger partial charge < -0.3 is 40.2 Å². The lowest BCUT2D eigenvalue weighted by atomic mass is 9.81. The quantitative estimate of drug-likeness (QED) is 0.0945. The van der Waals surface area contributed by atoms with Crippen LogP contribution >= 0.6 is 0 Å². The van der Waals surface area contributed by atoms with Crippen molar-refractivity contribution in [1.29, 1.82) is 0 Å². The number of nitrogens with zero attached hydrogens (tertiary/aromatic N) is 3. The van der Waals surface area contributed by atoms with Crippen LogP contribution in [0.3, 0.4) is 0 Å². The molecule has 0 spiro atoms. The maximum atomic E-state index is 13.4. The summed E-state index contributed by atoms with van der Waals surface area (Å²) in [6, 6.07) is 30.9. The summed E-state index contributed by atoms with van der Waals surface area (Å²) in [7, 11) is 0. The number of carbonyl (C=O) groups is 2. The van der Waals surface area contributed by atoms with Gasteiger partial charge in [-0.2, -0.15) is 0 Å². The number of aliphatic hydroxyl groups is 1. The van der Waals surface area contributed by atoms with Crippen molar-refractivity contribution in [2.24, 2.45) is 11.8 Å². The Kier molecular flexibility index (Phi) is 11.8. The molecule has 0 radical (unpaired) electrons. The molecule has 5 heterocycles. The lowest BCUT2D eigenvalue weighted by Gasteiger charge is -2.50. The molecule has 1 aromatic heterocycles. The van der Waals surface area contributed by atoms with Gasteiger partial charge in [0.1, 0.15) is 11.5 Å². The number of aliphatic hydroxyl groups excluding tert-OH is 1. The Bertz CT molecular complexity index is 2270. The van der Waals surface area contributed by atoms with E-state index in [1.54, 1.807) is 17.0 Å². The van der Waals surface area contributed by atoms with Gasteiger partial charge in [0.15, 0.2) is 0 Å². The molecule has 3 atom stereocenters. The second-order valence-corrected chi connectivity index (χ2v) is 16.0. The number of ether oxygens (including phenoxy) is 1. The van der Waals surface area contributed by atoms with Crippen molar-refractivity contribution in [3.8, 4) is 11.5 Å². The summed E-state index contributed by atoms with van der Waals surface area (Å²) in [4.78, 5) is 46.8. The number of pyridine rings is 1. The third-order valence-electron chi connectivity index (χ3n) is 12.3. The molecule has 5 N–H and O–H groups in total. The number of piperidine rings is 4. The molecule has 4 aliphatic heterocycles. The van der Waals surface area contributed by atoms with Gasteiger partial charge in [-0.05, 0) is 109 Å². The van der Waals surface area contributed by atoms with Crippen molar-refractivity contribution < 1.29 is 29.6 Å². The van der Waals surface area contributed by atoms with Crippen molar-refractivity contribution in [2.75, 3.05) is 45.9 Å². The lowest BCUT2D eigenvalue weighted by molar-refractivity contribution is -0.000816. The number of amides is 2. The van der Waals surface area contributed by atoms with Crippen molar-refractivity contribution in [3.05, 3.63) is 141 Å². The molecule has 4 fully saturated rings. The number of carbonyl (C=O) groups excluding carboxylic acids is 1. The van der Waals surface area contributed by atoms with Crippen LogP contribution in [-0.4, -0.2) is 98.9 Å². The van der Waals surface area contributed by atoms with Gasteiger partial charge in [-0.25, -0.2) is 4.79 Å². The molecule has 2 bridgehead atoms. The number of hydrogen-bond donors (Lipinski definition) is 5. The predicted octanol–water partition coefficient (Wildman–Crippen LogP) is 6.15. The highest BCUT2D eigenvalue weighted by atomic mass is 16.5. The number of rotatable bonds is 13. The molecule has 4 aliphatic rings. The summed E-state index contributed by atoms with van der Waals surface area (Å²) >= 11 is 0. The number of likely N-dealkylation sites (tertiary alicyclic amines) is 1. The van der Waals surface area contributed by atoms with Crippen molar-refractivity contribution >= 4 is 22.9 Å².